The summed E-state index contributed by atoms with van der Waals surface area (Å²) in [6.45, 7) is 3.79. The second kappa shape index (κ2) is 6.20. The maximum atomic E-state index is 11.6. The summed E-state index contributed by atoms with van der Waals surface area (Å²) in [6, 6.07) is 1.78. The molecule has 0 radical (unpaired) electrons. The molecule has 1 amide bonds. The van der Waals surface area contributed by atoms with Gasteiger partial charge in [0, 0.05) is 13.5 Å². The zero-order chi connectivity index (χ0) is 12.8. The fourth-order valence-corrected chi connectivity index (χ4v) is 1.37. The quantitative estimate of drug-likeness (QED) is 0.817. The van der Waals surface area contributed by atoms with Crippen LogP contribution in [-0.4, -0.2) is 24.1 Å². The van der Waals surface area contributed by atoms with Crippen LogP contribution in [0.25, 0.3) is 0 Å². The minimum absolute atomic E-state index is 0.0609. The van der Waals surface area contributed by atoms with Crippen LogP contribution < -0.4 is 11.1 Å². The van der Waals surface area contributed by atoms with Gasteiger partial charge in [0.1, 0.15) is 5.82 Å². The molecule has 0 aliphatic heterocycles. The minimum atomic E-state index is -0.0609. The van der Waals surface area contributed by atoms with Crippen molar-refractivity contribution in [3.8, 4) is 0 Å². The molecule has 1 aromatic rings. The van der Waals surface area contributed by atoms with Crippen LogP contribution in [0.3, 0.4) is 0 Å². The molecule has 1 heterocycles. The van der Waals surface area contributed by atoms with Crippen LogP contribution in [0.2, 0.25) is 0 Å². The van der Waals surface area contributed by atoms with E-state index in [1.54, 1.807) is 13.2 Å². The Morgan fingerprint density at radius 1 is 1.65 bits per heavy atom. The van der Waals surface area contributed by atoms with Crippen molar-refractivity contribution in [3.63, 3.8) is 0 Å². The Balaban J connectivity index is 2.50. The lowest BCUT2D eigenvalue weighted by Gasteiger charge is -2.10. The van der Waals surface area contributed by atoms with Gasteiger partial charge in [-0.2, -0.15) is 0 Å². The van der Waals surface area contributed by atoms with Crippen molar-refractivity contribution in [2.75, 3.05) is 18.2 Å². The summed E-state index contributed by atoms with van der Waals surface area (Å²) in [4.78, 5) is 15.7. The van der Waals surface area contributed by atoms with Crippen molar-refractivity contribution in [1.82, 2.24) is 4.98 Å². The predicted molar refractivity (Wildman–Crippen MR) is 67.7 cm³/mol. The zero-order valence-electron chi connectivity index (χ0n) is 10.5. The summed E-state index contributed by atoms with van der Waals surface area (Å²) in [6.07, 6.45) is 2.72. The molecule has 0 aliphatic rings. The Bertz CT molecular complexity index is 393. The topological polar surface area (TPSA) is 77.2 Å². The molecule has 5 heteroatoms. The first-order valence-electron chi connectivity index (χ1n) is 5.57. The van der Waals surface area contributed by atoms with Crippen LogP contribution in [0.4, 0.5) is 11.5 Å². The van der Waals surface area contributed by atoms with Crippen LogP contribution in [0, 0.1) is 6.92 Å². The number of aryl methyl sites for hydroxylation is 1. The first-order chi connectivity index (χ1) is 8.02. The summed E-state index contributed by atoms with van der Waals surface area (Å²) in [5, 5.41) is 2.76. The number of rotatable bonds is 5. The normalized spacial score (nSPS) is 12.2. The third kappa shape index (κ3) is 4.40. The Labute approximate surface area is 101 Å². The van der Waals surface area contributed by atoms with Crippen LogP contribution in [-0.2, 0) is 9.53 Å². The van der Waals surface area contributed by atoms with Crippen LogP contribution in [0.15, 0.2) is 12.3 Å². The number of carbonyl (C=O) groups is 1. The van der Waals surface area contributed by atoms with Gasteiger partial charge >= 0.3 is 0 Å². The fourth-order valence-electron chi connectivity index (χ4n) is 1.37. The van der Waals surface area contributed by atoms with E-state index in [1.807, 2.05) is 13.8 Å². The van der Waals surface area contributed by atoms with Crippen LogP contribution >= 0.6 is 0 Å². The molecule has 1 atom stereocenters. The number of anilines is 2. The zero-order valence-corrected chi connectivity index (χ0v) is 10.5. The third-order valence-corrected chi connectivity index (χ3v) is 2.54. The van der Waals surface area contributed by atoms with Crippen molar-refractivity contribution in [1.29, 1.82) is 0 Å². The number of pyridine rings is 1. The molecule has 5 nitrogen and oxygen atoms in total. The molecule has 1 aromatic heterocycles. The molecule has 0 spiro atoms. The Hall–Kier alpha value is -1.62. The number of ether oxygens (including phenoxy) is 1. The molecule has 0 saturated carbocycles. The number of nitrogens with zero attached hydrogens (tertiary/aromatic N) is 1. The van der Waals surface area contributed by atoms with Gasteiger partial charge in [-0.25, -0.2) is 4.98 Å². The van der Waals surface area contributed by atoms with Gasteiger partial charge < -0.3 is 15.8 Å². The number of methoxy groups -OCH3 is 1. The molecule has 1 rings (SSSR count). The highest BCUT2D eigenvalue weighted by Gasteiger charge is 2.08. The summed E-state index contributed by atoms with van der Waals surface area (Å²) in [7, 11) is 1.63. The molecule has 0 saturated heterocycles. The maximum absolute atomic E-state index is 11.6. The molecule has 17 heavy (non-hydrogen) atoms. The molecule has 1 unspecified atom stereocenters. The number of hydrogen-bond donors (Lipinski definition) is 2. The van der Waals surface area contributed by atoms with Crippen LogP contribution in [0.5, 0.6) is 0 Å². The Morgan fingerprint density at radius 3 is 2.94 bits per heavy atom. The molecule has 94 valence electrons. The van der Waals surface area contributed by atoms with Crippen LogP contribution in [0.1, 0.15) is 25.3 Å². The van der Waals surface area contributed by atoms with E-state index in [4.69, 9.17) is 10.5 Å². The van der Waals surface area contributed by atoms with Gasteiger partial charge in [-0.15, -0.1) is 0 Å². The molecular formula is C12H19N3O2. The van der Waals surface area contributed by atoms with E-state index in [9.17, 15) is 4.79 Å². The van der Waals surface area contributed by atoms with Crippen molar-refractivity contribution in [2.24, 2.45) is 0 Å². The summed E-state index contributed by atoms with van der Waals surface area (Å²) in [5.74, 6) is 0.503. The first-order valence-corrected chi connectivity index (χ1v) is 5.57. The fraction of sp³-hybridized carbons (Fsp3) is 0.500. The van der Waals surface area contributed by atoms with Gasteiger partial charge in [-0.05, 0) is 31.9 Å². The lowest BCUT2D eigenvalue weighted by atomic mass is 10.2. The monoisotopic (exact) mass is 237 g/mol. The van der Waals surface area contributed by atoms with Crippen molar-refractivity contribution in [2.45, 2.75) is 32.8 Å². The average molecular weight is 237 g/mol. The minimum Gasteiger partial charge on any atom is -0.397 e. The SMILES string of the molecule is COC(C)CCC(=O)Nc1ncc(N)cc1C. The second-order valence-electron chi connectivity index (χ2n) is 4.07. The highest BCUT2D eigenvalue weighted by atomic mass is 16.5. The van der Waals surface area contributed by atoms with Gasteiger partial charge in [-0.3, -0.25) is 4.79 Å². The highest BCUT2D eigenvalue weighted by molar-refractivity contribution is 5.90. The lowest BCUT2D eigenvalue weighted by Crippen LogP contribution is -2.16. The predicted octanol–water partition coefficient (Wildman–Crippen LogP) is 1.73. The largest absolute Gasteiger partial charge is 0.397 e. The number of aromatic nitrogens is 1. The smallest absolute Gasteiger partial charge is 0.225 e. The number of nitrogen functional groups attached to an aromatic ring is 1. The van der Waals surface area contributed by atoms with Gasteiger partial charge in [0.05, 0.1) is 18.0 Å². The van der Waals surface area contributed by atoms with E-state index in [-0.39, 0.29) is 12.0 Å². The van der Waals surface area contributed by atoms with E-state index >= 15 is 0 Å². The van der Waals surface area contributed by atoms with Gasteiger partial charge in [0.15, 0.2) is 0 Å². The van der Waals surface area contributed by atoms with Crippen molar-refractivity contribution >= 4 is 17.4 Å². The summed E-state index contributed by atoms with van der Waals surface area (Å²) >= 11 is 0. The first kappa shape index (κ1) is 13.4. The Kier molecular flexibility index (Phi) is 4.90. The maximum Gasteiger partial charge on any atom is 0.225 e. The second-order valence-corrected chi connectivity index (χ2v) is 4.07. The molecule has 0 aliphatic carbocycles. The number of carbonyl (C=O) groups excluding carboxylic acids is 1. The highest BCUT2D eigenvalue weighted by Crippen LogP contribution is 2.14. The molecule has 0 aromatic carbocycles. The average Bonchev–Trinajstić information content (AvgIpc) is 2.29. The van der Waals surface area contributed by atoms with E-state index in [1.165, 1.54) is 6.20 Å². The van der Waals surface area contributed by atoms with Gasteiger partial charge in [0.2, 0.25) is 5.91 Å². The molecule has 3 N–H and O–H groups in total. The van der Waals surface area contributed by atoms with E-state index < -0.39 is 0 Å². The third-order valence-electron chi connectivity index (χ3n) is 2.54. The van der Waals surface area contributed by atoms with E-state index in [2.05, 4.69) is 10.3 Å². The number of nitrogens with one attached hydrogen (secondary N) is 1. The van der Waals surface area contributed by atoms with Crippen molar-refractivity contribution < 1.29 is 9.53 Å². The Morgan fingerprint density at radius 2 is 2.35 bits per heavy atom. The van der Waals surface area contributed by atoms with E-state index in [0.717, 1.165) is 5.56 Å². The molecule has 0 fully saturated rings. The molecule has 0 bridgehead atoms. The number of amides is 1. The van der Waals surface area contributed by atoms with E-state index in [0.29, 0.717) is 24.3 Å². The number of nitrogens with two attached hydrogens (primary N) is 1. The summed E-state index contributed by atoms with van der Waals surface area (Å²) in [5.41, 5.74) is 7.03. The number of hydrogen-bond acceptors (Lipinski definition) is 4. The standard InChI is InChI=1S/C12H19N3O2/c1-8-6-10(13)7-14-12(8)15-11(16)5-4-9(2)17-3/h6-7,9H,4-5,13H2,1-3H3,(H,14,15,16). The van der Waals surface area contributed by atoms with Crippen molar-refractivity contribution in [3.05, 3.63) is 17.8 Å². The molecular weight excluding hydrogens is 218 g/mol. The summed E-state index contributed by atoms with van der Waals surface area (Å²) < 4.78 is 5.08. The van der Waals surface area contributed by atoms with Gasteiger partial charge in [0.25, 0.3) is 0 Å². The van der Waals surface area contributed by atoms with Gasteiger partial charge in [-0.1, -0.05) is 0 Å². The lowest BCUT2D eigenvalue weighted by molar-refractivity contribution is -0.116.